The summed E-state index contributed by atoms with van der Waals surface area (Å²) in [6.07, 6.45) is 4.77. The quantitative estimate of drug-likeness (QED) is 0.694. The van der Waals surface area contributed by atoms with Crippen LogP contribution in [0.1, 0.15) is 28.6 Å². The Bertz CT molecular complexity index is 892. The van der Waals surface area contributed by atoms with E-state index < -0.39 is 0 Å². The molecule has 1 aromatic carbocycles. The summed E-state index contributed by atoms with van der Waals surface area (Å²) in [4.78, 5) is 14.8. The molecule has 6 nitrogen and oxygen atoms in total. The number of anilines is 1. The zero-order chi connectivity index (χ0) is 18.5. The summed E-state index contributed by atoms with van der Waals surface area (Å²) in [6.45, 7) is 0. The number of hydrogen-bond acceptors (Lipinski definition) is 5. The van der Waals surface area contributed by atoms with E-state index in [-0.39, 0.29) is 11.9 Å². The maximum Gasteiger partial charge on any atom is 0.251 e. The van der Waals surface area contributed by atoms with Crippen LogP contribution in [0.2, 0.25) is 0 Å². The van der Waals surface area contributed by atoms with Crippen LogP contribution < -0.4 is 10.2 Å². The number of nitrogens with zero attached hydrogens (tertiary/aromatic N) is 4. The van der Waals surface area contributed by atoms with Crippen LogP contribution in [0, 0.1) is 0 Å². The molecular weight excluding hydrogens is 346 g/mol. The number of benzene rings is 1. The minimum Gasteiger partial charge on any atom is -0.378 e. The van der Waals surface area contributed by atoms with Gasteiger partial charge in [-0.25, -0.2) is 0 Å². The highest BCUT2D eigenvalue weighted by Gasteiger charge is 2.21. The van der Waals surface area contributed by atoms with Crippen LogP contribution >= 0.6 is 11.8 Å². The first-order valence-electron chi connectivity index (χ1n) is 8.47. The van der Waals surface area contributed by atoms with E-state index in [2.05, 4.69) is 21.8 Å². The average molecular weight is 369 g/mol. The van der Waals surface area contributed by atoms with Crippen molar-refractivity contribution in [1.29, 1.82) is 0 Å². The van der Waals surface area contributed by atoms with Crippen molar-refractivity contribution in [3.8, 4) is 0 Å². The summed E-state index contributed by atoms with van der Waals surface area (Å²) in [5, 5.41) is 11.7. The number of pyridine rings is 1. The average Bonchev–Trinajstić information content (AvgIpc) is 3.09. The van der Waals surface area contributed by atoms with E-state index in [4.69, 9.17) is 0 Å². The molecule has 0 radical (unpaired) electrons. The van der Waals surface area contributed by atoms with Crippen LogP contribution in [-0.2, 0) is 0 Å². The highest BCUT2D eigenvalue weighted by Crippen LogP contribution is 2.20. The van der Waals surface area contributed by atoms with Crippen LogP contribution in [0.15, 0.2) is 48.7 Å². The maximum atomic E-state index is 12.8. The minimum atomic E-state index is -0.199. The molecule has 1 unspecified atom stereocenters. The van der Waals surface area contributed by atoms with E-state index >= 15 is 0 Å². The molecule has 0 aliphatic rings. The molecular formula is C19H23N5OS. The summed E-state index contributed by atoms with van der Waals surface area (Å²) >= 11 is 1.75. The molecule has 2 heterocycles. The SMILES string of the molecule is CSCCC(NC(=O)c1cccc(N(C)C)c1)c1nnc2ccccn12. The third-order valence-electron chi connectivity index (χ3n) is 4.19. The van der Waals surface area contributed by atoms with Gasteiger partial charge in [0.05, 0.1) is 6.04 Å². The molecule has 26 heavy (non-hydrogen) atoms. The summed E-state index contributed by atoms with van der Waals surface area (Å²) < 4.78 is 1.93. The van der Waals surface area contributed by atoms with Crippen LogP contribution in [0.5, 0.6) is 0 Å². The molecule has 1 atom stereocenters. The van der Waals surface area contributed by atoms with Gasteiger partial charge in [-0.05, 0) is 48.8 Å². The highest BCUT2D eigenvalue weighted by atomic mass is 32.2. The van der Waals surface area contributed by atoms with Crippen LogP contribution in [-0.4, -0.2) is 46.6 Å². The number of carbonyl (C=O) groups excluding carboxylic acids is 1. The number of amides is 1. The van der Waals surface area contributed by atoms with Gasteiger partial charge in [-0.1, -0.05) is 12.1 Å². The molecule has 1 amide bonds. The van der Waals surface area contributed by atoms with Crippen molar-refractivity contribution in [2.24, 2.45) is 0 Å². The largest absolute Gasteiger partial charge is 0.378 e. The van der Waals surface area contributed by atoms with Crippen molar-refractivity contribution >= 4 is 29.0 Å². The molecule has 7 heteroatoms. The Morgan fingerprint density at radius 1 is 1.23 bits per heavy atom. The van der Waals surface area contributed by atoms with Gasteiger partial charge in [0, 0.05) is 31.5 Å². The molecule has 3 rings (SSSR count). The van der Waals surface area contributed by atoms with Gasteiger partial charge >= 0.3 is 0 Å². The third kappa shape index (κ3) is 3.99. The molecule has 2 aromatic heterocycles. The molecule has 1 N–H and O–H groups in total. The Balaban J connectivity index is 1.87. The number of fused-ring (bicyclic) bond motifs is 1. The van der Waals surface area contributed by atoms with Gasteiger partial charge in [-0.15, -0.1) is 10.2 Å². The summed E-state index contributed by atoms with van der Waals surface area (Å²) in [5.74, 6) is 1.57. The van der Waals surface area contributed by atoms with E-state index in [1.165, 1.54) is 0 Å². The second-order valence-electron chi connectivity index (χ2n) is 6.24. The number of rotatable bonds is 7. The zero-order valence-corrected chi connectivity index (χ0v) is 16.0. The van der Waals surface area contributed by atoms with Gasteiger partial charge in [0.25, 0.3) is 5.91 Å². The molecule has 0 aliphatic heterocycles. The van der Waals surface area contributed by atoms with Crippen LogP contribution in [0.3, 0.4) is 0 Å². The Hall–Kier alpha value is -2.54. The van der Waals surface area contributed by atoms with Crippen molar-refractivity contribution < 1.29 is 4.79 Å². The summed E-state index contributed by atoms with van der Waals surface area (Å²) in [5.41, 5.74) is 2.41. The second kappa shape index (κ2) is 8.23. The van der Waals surface area contributed by atoms with Gasteiger partial charge in [-0.2, -0.15) is 11.8 Å². The van der Waals surface area contributed by atoms with Crippen molar-refractivity contribution in [1.82, 2.24) is 19.9 Å². The fourth-order valence-electron chi connectivity index (χ4n) is 2.77. The van der Waals surface area contributed by atoms with Crippen LogP contribution in [0.25, 0.3) is 5.65 Å². The molecule has 0 fully saturated rings. The Morgan fingerprint density at radius 2 is 2.08 bits per heavy atom. The molecule has 0 saturated heterocycles. The Morgan fingerprint density at radius 3 is 2.85 bits per heavy atom. The number of nitrogens with one attached hydrogen (secondary N) is 1. The van der Waals surface area contributed by atoms with Crippen molar-refractivity contribution in [2.45, 2.75) is 12.5 Å². The second-order valence-corrected chi connectivity index (χ2v) is 7.22. The standard InChI is InChI=1S/C19H23N5OS/c1-23(2)15-8-6-7-14(13-15)19(25)20-16(10-12-26-3)18-22-21-17-9-4-5-11-24(17)18/h4-9,11,13,16H,10,12H2,1-3H3,(H,20,25). The zero-order valence-electron chi connectivity index (χ0n) is 15.2. The number of hydrogen-bond donors (Lipinski definition) is 1. The summed E-state index contributed by atoms with van der Waals surface area (Å²) in [7, 11) is 3.92. The van der Waals surface area contributed by atoms with Crippen molar-refractivity contribution in [3.63, 3.8) is 0 Å². The van der Waals surface area contributed by atoms with Gasteiger partial charge < -0.3 is 10.2 Å². The maximum absolute atomic E-state index is 12.8. The molecule has 136 valence electrons. The lowest BCUT2D eigenvalue weighted by atomic mass is 10.1. The van der Waals surface area contributed by atoms with Gasteiger partial charge in [-0.3, -0.25) is 9.20 Å². The first kappa shape index (κ1) is 18.3. The normalized spacial score (nSPS) is 12.1. The summed E-state index contributed by atoms with van der Waals surface area (Å²) in [6, 6.07) is 13.2. The van der Waals surface area contributed by atoms with E-state index in [1.807, 2.05) is 72.1 Å². The van der Waals surface area contributed by atoms with E-state index in [1.54, 1.807) is 11.8 Å². The smallest absolute Gasteiger partial charge is 0.251 e. The van der Waals surface area contributed by atoms with Gasteiger partial charge in [0.2, 0.25) is 0 Å². The van der Waals surface area contributed by atoms with E-state index in [0.717, 1.165) is 29.3 Å². The number of carbonyl (C=O) groups is 1. The van der Waals surface area contributed by atoms with Crippen LogP contribution in [0.4, 0.5) is 5.69 Å². The minimum absolute atomic E-state index is 0.104. The first-order chi connectivity index (χ1) is 12.6. The van der Waals surface area contributed by atoms with Crippen molar-refractivity contribution in [3.05, 3.63) is 60.0 Å². The topological polar surface area (TPSA) is 62.5 Å². The van der Waals surface area contributed by atoms with Gasteiger partial charge in [0.1, 0.15) is 0 Å². The number of thioether (sulfide) groups is 1. The van der Waals surface area contributed by atoms with Gasteiger partial charge in [0.15, 0.2) is 11.5 Å². The molecule has 3 aromatic rings. The molecule has 0 saturated carbocycles. The van der Waals surface area contributed by atoms with E-state index in [9.17, 15) is 4.79 Å². The first-order valence-corrected chi connectivity index (χ1v) is 9.86. The number of aromatic nitrogens is 3. The predicted octanol–water partition coefficient (Wildman–Crippen LogP) is 3.02. The molecule has 0 spiro atoms. The fraction of sp³-hybridized carbons (Fsp3) is 0.316. The lowest BCUT2D eigenvalue weighted by molar-refractivity contribution is 0.0934. The highest BCUT2D eigenvalue weighted by molar-refractivity contribution is 7.98. The lowest BCUT2D eigenvalue weighted by Crippen LogP contribution is -2.30. The van der Waals surface area contributed by atoms with E-state index in [0.29, 0.717) is 5.56 Å². The monoisotopic (exact) mass is 369 g/mol. The molecule has 0 aliphatic carbocycles. The van der Waals surface area contributed by atoms with Crippen molar-refractivity contribution in [2.75, 3.05) is 31.0 Å². The predicted molar refractivity (Wildman–Crippen MR) is 107 cm³/mol. The molecule has 0 bridgehead atoms. The fourth-order valence-corrected chi connectivity index (χ4v) is 3.24. The Kier molecular flexibility index (Phi) is 5.78. The Labute approximate surface area is 157 Å². The third-order valence-corrected chi connectivity index (χ3v) is 4.84. The lowest BCUT2D eigenvalue weighted by Gasteiger charge is -2.18.